The number of aromatic nitrogens is 2. The summed E-state index contributed by atoms with van der Waals surface area (Å²) in [4.78, 5) is 8.93. The molecular formula is C20H30N2OSi. The zero-order chi connectivity index (χ0) is 17.4. The summed E-state index contributed by atoms with van der Waals surface area (Å²) < 4.78 is 6.59. The van der Waals surface area contributed by atoms with E-state index < -0.39 is 9.76 Å². The molecule has 0 saturated carbocycles. The van der Waals surface area contributed by atoms with Gasteiger partial charge in [0.2, 0.25) is 0 Å². The lowest BCUT2D eigenvalue weighted by Crippen LogP contribution is -2.42. The Morgan fingerprint density at radius 3 is 2.21 bits per heavy atom. The van der Waals surface area contributed by atoms with Gasteiger partial charge in [-0.15, -0.1) is 0 Å². The third-order valence-corrected chi connectivity index (χ3v) is 6.15. The van der Waals surface area contributed by atoms with Crippen LogP contribution in [0.25, 0.3) is 11.4 Å². The Morgan fingerprint density at radius 1 is 1.00 bits per heavy atom. The number of hydrogen-bond acceptors (Lipinski definition) is 3. The second-order valence-electron chi connectivity index (χ2n) is 6.77. The van der Waals surface area contributed by atoms with Crippen LogP contribution in [0.2, 0.25) is 0 Å². The maximum Gasteiger partial charge on any atom is 0.194 e. The Morgan fingerprint density at radius 2 is 1.71 bits per heavy atom. The van der Waals surface area contributed by atoms with E-state index >= 15 is 0 Å². The number of nitrogens with zero attached hydrogens (tertiary/aromatic N) is 2. The minimum absolute atomic E-state index is 0.0371. The van der Waals surface area contributed by atoms with Crippen molar-refractivity contribution in [1.29, 1.82) is 0 Å². The van der Waals surface area contributed by atoms with Crippen LogP contribution in [-0.2, 0) is 4.43 Å². The molecular weight excluding hydrogens is 312 g/mol. The second-order valence-corrected chi connectivity index (χ2v) is 8.17. The minimum Gasteiger partial charge on any atom is -0.413 e. The normalized spacial score (nSPS) is 12.4. The molecule has 2 aromatic heterocycles. The molecule has 0 N–H and O–H groups in total. The van der Waals surface area contributed by atoms with Crippen LogP contribution in [0, 0.1) is 5.92 Å². The molecule has 0 saturated heterocycles. The fourth-order valence-electron chi connectivity index (χ4n) is 3.26. The summed E-state index contributed by atoms with van der Waals surface area (Å²) in [5, 5.41) is 1.26. The molecule has 0 fully saturated rings. The molecule has 0 bridgehead atoms. The minimum atomic E-state index is -0.778. The molecule has 0 radical (unpaired) electrons. The first-order valence-corrected chi connectivity index (χ1v) is 10.4. The summed E-state index contributed by atoms with van der Waals surface area (Å²) in [6.07, 6.45) is 8.40. The van der Waals surface area contributed by atoms with Gasteiger partial charge in [0.1, 0.15) is 0 Å². The van der Waals surface area contributed by atoms with E-state index in [4.69, 9.17) is 4.43 Å². The molecule has 3 nitrogen and oxygen atoms in total. The van der Waals surface area contributed by atoms with E-state index in [9.17, 15) is 0 Å². The Balaban J connectivity index is 2.07. The molecule has 130 valence electrons. The lowest BCUT2D eigenvalue weighted by Gasteiger charge is -2.38. The topological polar surface area (TPSA) is 35.0 Å². The van der Waals surface area contributed by atoms with E-state index in [1.54, 1.807) is 6.20 Å². The van der Waals surface area contributed by atoms with Gasteiger partial charge >= 0.3 is 0 Å². The molecule has 2 aromatic rings. The standard InChI is InChI=1S/C20H30N2OSi/c1-5-12-20(13-6-2,16(3)4)23-24-17-10-11-19(22-15-17)18-9-7-8-14-21-18/h7-11,14-16H,5-6,12-13,24H2,1-4H3. The van der Waals surface area contributed by atoms with E-state index in [0.29, 0.717) is 5.92 Å². The summed E-state index contributed by atoms with van der Waals surface area (Å²) >= 11 is 0. The van der Waals surface area contributed by atoms with Crippen LogP contribution in [0.15, 0.2) is 42.7 Å². The van der Waals surface area contributed by atoms with Crippen LogP contribution < -0.4 is 5.19 Å². The van der Waals surface area contributed by atoms with Gasteiger partial charge in [0.05, 0.1) is 17.0 Å². The maximum absolute atomic E-state index is 6.59. The monoisotopic (exact) mass is 342 g/mol. The van der Waals surface area contributed by atoms with Crippen molar-refractivity contribution in [2.24, 2.45) is 5.92 Å². The summed E-state index contributed by atoms with van der Waals surface area (Å²) in [6, 6.07) is 10.1. The van der Waals surface area contributed by atoms with Crippen molar-refractivity contribution in [3.63, 3.8) is 0 Å². The van der Waals surface area contributed by atoms with Crippen molar-refractivity contribution in [1.82, 2.24) is 9.97 Å². The average molecular weight is 343 g/mol. The summed E-state index contributed by atoms with van der Waals surface area (Å²) in [5.74, 6) is 0.547. The fourth-order valence-corrected chi connectivity index (χ4v) is 4.72. The smallest absolute Gasteiger partial charge is 0.194 e. The third-order valence-electron chi connectivity index (χ3n) is 4.68. The molecule has 0 aliphatic carbocycles. The van der Waals surface area contributed by atoms with Crippen LogP contribution in [-0.4, -0.2) is 25.3 Å². The molecule has 0 spiro atoms. The highest BCUT2D eigenvalue weighted by Gasteiger charge is 2.32. The van der Waals surface area contributed by atoms with Gasteiger partial charge in [-0.3, -0.25) is 9.97 Å². The highest BCUT2D eigenvalue weighted by Crippen LogP contribution is 2.32. The van der Waals surface area contributed by atoms with Crippen molar-refractivity contribution in [3.05, 3.63) is 42.7 Å². The molecule has 2 heterocycles. The lowest BCUT2D eigenvalue weighted by molar-refractivity contribution is 0.00845. The molecule has 0 amide bonds. The quantitative estimate of drug-likeness (QED) is 0.649. The van der Waals surface area contributed by atoms with Gasteiger partial charge in [-0.1, -0.05) is 52.7 Å². The zero-order valence-corrected chi connectivity index (χ0v) is 16.9. The van der Waals surface area contributed by atoms with Gasteiger partial charge in [-0.25, -0.2) is 0 Å². The van der Waals surface area contributed by atoms with E-state index in [2.05, 4.69) is 49.8 Å². The number of rotatable bonds is 9. The van der Waals surface area contributed by atoms with Gasteiger partial charge in [-0.2, -0.15) is 0 Å². The van der Waals surface area contributed by atoms with E-state index in [-0.39, 0.29) is 5.60 Å². The molecule has 0 aliphatic rings. The summed E-state index contributed by atoms with van der Waals surface area (Å²) in [5.41, 5.74) is 1.88. The van der Waals surface area contributed by atoms with Gasteiger partial charge in [0, 0.05) is 12.4 Å². The van der Waals surface area contributed by atoms with Crippen molar-refractivity contribution < 1.29 is 4.43 Å². The van der Waals surface area contributed by atoms with Crippen molar-refractivity contribution >= 4 is 14.9 Å². The van der Waals surface area contributed by atoms with E-state index in [1.165, 1.54) is 18.0 Å². The van der Waals surface area contributed by atoms with Crippen LogP contribution in [0.5, 0.6) is 0 Å². The first-order valence-electron chi connectivity index (χ1n) is 9.11. The second kappa shape index (κ2) is 9.09. The number of hydrogen-bond donors (Lipinski definition) is 0. The number of pyridine rings is 2. The molecule has 24 heavy (non-hydrogen) atoms. The first kappa shape index (κ1) is 18.8. The van der Waals surface area contributed by atoms with Gasteiger partial charge in [-0.05, 0) is 42.1 Å². The summed E-state index contributed by atoms with van der Waals surface area (Å²) in [7, 11) is -0.778. The first-order chi connectivity index (χ1) is 11.6. The Hall–Kier alpha value is -1.52. The van der Waals surface area contributed by atoms with Gasteiger partial charge < -0.3 is 4.43 Å². The van der Waals surface area contributed by atoms with Gasteiger partial charge in [0.25, 0.3) is 0 Å². The Bertz CT molecular complexity index is 593. The molecule has 0 aromatic carbocycles. The van der Waals surface area contributed by atoms with Gasteiger partial charge in [0.15, 0.2) is 9.76 Å². The predicted octanol–water partition coefficient (Wildman–Crippen LogP) is 3.86. The third kappa shape index (κ3) is 4.74. The van der Waals surface area contributed by atoms with Crippen LogP contribution in [0.1, 0.15) is 53.4 Å². The fraction of sp³-hybridized carbons (Fsp3) is 0.500. The highest BCUT2D eigenvalue weighted by atomic mass is 28.2. The van der Waals surface area contributed by atoms with Crippen LogP contribution in [0.3, 0.4) is 0 Å². The molecule has 4 heteroatoms. The SMILES string of the molecule is CCCC(CCC)(O[SiH2]c1ccc(-c2ccccn2)nc1)C(C)C. The Labute approximate surface area is 148 Å². The summed E-state index contributed by atoms with van der Waals surface area (Å²) in [6.45, 7) is 9.09. The molecule has 0 aliphatic heterocycles. The van der Waals surface area contributed by atoms with Crippen LogP contribution in [0.4, 0.5) is 0 Å². The molecule has 2 rings (SSSR count). The van der Waals surface area contributed by atoms with Crippen molar-refractivity contribution in [2.45, 2.75) is 59.0 Å². The van der Waals surface area contributed by atoms with Crippen LogP contribution >= 0.6 is 0 Å². The van der Waals surface area contributed by atoms with E-state index in [0.717, 1.165) is 24.2 Å². The van der Waals surface area contributed by atoms with E-state index in [1.807, 2.05) is 24.4 Å². The Kier molecular flexibility index (Phi) is 7.12. The zero-order valence-electron chi connectivity index (χ0n) is 15.5. The van der Waals surface area contributed by atoms with Crippen molar-refractivity contribution in [2.75, 3.05) is 0 Å². The van der Waals surface area contributed by atoms with Crippen molar-refractivity contribution in [3.8, 4) is 11.4 Å². The maximum atomic E-state index is 6.59. The highest BCUT2D eigenvalue weighted by molar-refractivity contribution is 6.46. The lowest BCUT2D eigenvalue weighted by atomic mass is 9.82. The predicted molar refractivity (Wildman–Crippen MR) is 104 cm³/mol. The largest absolute Gasteiger partial charge is 0.413 e. The molecule has 0 unspecified atom stereocenters. The molecule has 0 atom stereocenters. The average Bonchev–Trinajstić information content (AvgIpc) is 2.61.